The first-order chi connectivity index (χ1) is 28.4. The Kier molecular flexibility index (Phi) is 10.1. The van der Waals surface area contributed by atoms with Crippen LogP contribution in [0.5, 0.6) is 11.5 Å². The lowest BCUT2D eigenvalue weighted by Gasteiger charge is -2.50. The summed E-state index contributed by atoms with van der Waals surface area (Å²) in [5.41, 5.74) is 12.2. The van der Waals surface area contributed by atoms with Crippen molar-refractivity contribution < 1.29 is 9.47 Å². The topological polar surface area (TPSA) is 28.2 Å². The number of ether oxygens (including phenoxy) is 2. The van der Waals surface area contributed by atoms with E-state index >= 15 is 0 Å². The lowest BCUT2D eigenvalue weighted by atomic mass is 9.37. The molecule has 0 N–H and O–H groups in total. The number of anilines is 5. The quantitative estimate of drug-likeness (QED) is 0.130. The predicted molar refractivity (Wildman–Crippen MR) is 242 cm³/mol. The fourth-order valence-electron chi connectivity index (χ4n) is 8.84. The third kappa shape index (κ3) is 6.26. The Balaban J connectivity index is 1.47. The largest absolute Gasteiger partial charge is 0.465 e. The normalized spacial score (nSPS) is 16.1. The molecular formula is C52H52BN3O2. The van der Waals surface area contributed by atoms with Gasteiger partial charge >= 0.3 is 6.71 Å². The second-order valence-corrected chi connectivity index (χ2v) is 16.0. The highest BCUT2D eigenvalue weighted by Gasteiger charge is 2.52. The van der Waals surface area contributed by atoms with Gasteiger partial charge < -0.3 is 9.47 Å². The van der Waals surface area contributed by atoms with Gasteiger partial charge in [-0.3, -0.25) is 14.7 Å². The van der Waals surface area contributed by atoms with Gasteiger partial charge in [0.2, 0.25) is 0 Å². The summed E-state index contributed by atoms with van der Waals surface area (Å²) in [5, 5.41) is 0. The minimum Gasteiger partial charge on any atom is -0.465 e. The maximum atomic E-state index is 7.48. The summed E-state index contributed by atoms with van der Waals surface area (Å²) in [7, 11) is 0. The Hall–Kier alpha value is -6.14. The first-order valence-corrected chi connectivity index (χ1v) is 21.2. The maximum absolute atomic E-state index is 7.48. The SMILES string of the molecule is CCC(C)c1cc(C(C)CC)c(B2C3=C(N(c4ccccc4)C4=C2Oc2ccccc2N4c2ccccc2)N(c2ccccc2)c2ccccc2O3)c(C(C)CC)c1. The van der Waals surface area contributed by atoms with Crippen LogP contribution in [-0.4, -0.2) is 6.71 Å². The highest BCUT2D eigenvalue weighted by molar-refractivity contribution is 6.86. The van der Waals surface area contributed by atoms with Gasteiger partial charge in [0.15, 0.2) is 11.6 Å². The van der Waals surface area contributed by atoms with E-state index in [1.54, 1.807) is 0 Å². The Morgan fingerprint density at radius 3 is 1.21 bits per heavy atom. The van der Waals surface area contributed by atoms with Crippen LogP contribution in [0.3, 0.4) is 0 Å². The van der Waals surface area contributed by atoms with Gasteiger partial charge in [-0.25, -0.2) is 0 Å². The van der Waals surface area contributed by atoms with Crippen LogP contribution in [0.15, 0.2) is 175 Å². The number of nitrogens with zero attached hydrogens (tertiary/aromatic N) is 3. The van der Waals surface area contributed by atoms with E-state index < -0.39 is 0 Å². The molecule has 6 aromatic rings. The number of hydrogen-bond acceptors (Lipinski definition) is 5. The highest BCUT2D eigenvalue weighted by Crippen LogP contribution is 2.53. The molecule has 0 saturated carbocycles. The molecule has 0 amide bonds. The number of hydrogen-bond donors (Lipinski definition) is 0. The van der Waals surface area contributed by atoms with Gasteiger partial charge in [0, 0.05) is 17.1 Å². The lowest BCUT2D eigenvalue weighted by molar-refractivity contribution is 0.409. The molecule has 3 heterocycles. The molecule has 3 aliphatic heterocycles. The van der Waals surface area contributed by atoms with Crippen molar-refractivity contribution in [3.8, 4) is 11.5 Å². The van der Waals surface area contributed by atoms with E-state index in [9.17, 15) is 0 Å². The van der Waals surface area contributed by atoms with Gasteiger partial charge in [-0.2, -0.15) is 0 Å². The Morgan fingerprint density at radius 1 is 0.448 bits per heavy atom. The summed E-state index contributed by atoms with van der Waals surface area (Å²) in [5.74, 6) is 4.54. The van der Waals surface area contributed by atoms with Crippen molar-refractivity contribution in [2.75, 3.05) is 14.7 Å². The summed E-state index contributed by atoms with van der Waals surface area (Å²) < 4.78 is 15.0. The average molecular weight is 762 g/mol. The molecule has 6 heteroatoms. The van der Waals surface area contributed by atoms with Crippen molar-refractivity contribution in [3.63, 3.8) is 0 Å². The number of para-hydroxylation sites is 7. The van der Waals surface area contributed by atoms with Gasteiger partial charge in [0.1, 0.15) is 22.8 Å². The zero-order valence-electron chi connectivity index (χ0n) is 34.5. The van der Waals surface area contributed by atoms with E-state index in [-0.39, 0.29) is 6.71 Å². The van der Waals surface area contributed by atoms with Crippen molar-refractivity contribution in [3.05, 3.63) is 191 Å². The lowest BCUT2D eigenvalue weighted by Crippen LogP contribution is -2.56. The van der Waals surface area contributed by atoms with Crippen LogP contribution in [-0.2, 0) is 0 Å². The minimum absolute atomic E-state index is 0.296. The van der Waals surface area contributed by atoms with E-state index in [1.807, 2.05) is 0 Å². The van der Waals surface area contributed by atoms with Crippen LogP contribution in [0.1, 0.15) is 95.2 Å². The second-order valence-electron chi connectivity index (χ2n) is 16.0. The summed E-state index contributed by atoms with van der Waals surface area (Å²) in [6.07, 6.45) is 3.10. The molecule has 0 radical (unpaired) electrons. The van der Waals surface area contributed by atoms with E-state index in [4.69, 9.17) is 9.47 Å². The van der Waals surface area contributed by atoms with E-state index in [0.717, 1.165) is 82.2 Å². The molecule has 9 rings (SSSR count). The van der Waals surface area contributed by atoms with Crippen molar-refractivity contribution in [1.29, 1.82) is 0 Å². The summed E-state index contributed by atoms with van der Waals surface area (Å²) >= 11 is 0. The molecule has 3 unspecified atom stereocenters. The predicted octanol–water partition coefficient (Wildman–Crippen LogP) is 13.3. The van der Waals surface area contributed by atoms with E-state index in [2.05, 4.69) is 208 Å². The fraction of sp³-hybridized carbons (Fsp3) is 0.231. The standard InChI is InChI=1S/C52H52BN3O2/c1-7-35(4)38-33-42(36(5)8-2)48(43(34-38)37(6)9-3)53-49-51(54(39-23-13-10-14-24-39)44-29-19-21-31-46(44)57-49)56(41-27-17-12-18-28-41)52-50(53)58-47-32-22-20-30-45(47)55(52)40-25-15-11-16-26-40/h10-37H,7-9H2,1-6H3. The Labute approximate surface area is 344 Å². The van der Waals surface area contributed by atoms with Crippen molar-refractivity contribution in [2.24, 2.45) is 0 Å². The van der Waals surface area contributed by atoms with Gasteiger partial charge in [-0.15, -0.1) is 0 Å². The van der Waals surface area contributed by atoms with E-state index in [1.165, 1.54) is 22.2 Å². The molecule has 0 bridgehead atoms. The zero-order chi connectivity index (χ0) is 39.9. The highest BCUT2D eigenvalue weighted by atomic mass is 16.5. The average Bonchev–Trinajstić information content (AvgIpc) is 3.29. The Bertz CT molecular complexity index is 2350. The summed E-state index contributed by atoms with van der Waals surface area (Å²) in [4.78, 5) is 7.19. The van der Waals surface area contributed by atoms with Gasteiger partial charge in [0.05, 0.1) is 11.4 Å². The zero-order valence-corrected chi connectivity index (χ0v) is 34.5. The minimum atomic E-state index is -0.386. The van der Waals surface area contributed by atoms with Crippen LogP contribution in [0.25, 0.3) is 0 Å². The third-order valence-corrected chi connectivity index (χ3v) is 12.5. The number of fused-ring (bicyclic) bond motifs is 2. The summed E-state index contributed by atoms with van der Waals surface area (Å²) in [6, 6.07) is 54.1. The van der Waals surface area contributed by atoms with E-state index in [0.29, 0.717) is 17.8 Å². The van der Waals surface area contributed by atoms with Gasteiger partial charge in [0.25, 0.3) is 0 Å². The maximum Gasteiger partial charge on any atom is 0.342 e. The molecule has 3 aliphatic rings. The molecule has 5 nitrogen and oxygen atoms in total. The number of benzene rings is 6. The first-order valence-electron chi connectivity index (χ1n) is 21.2. The van der Waals surface area contributed by atoms with Crippen LogP contribution >= 0.6 is 0 Å². The van der Waals surface area contributed by atoms with Crippen molar-refractivity contribution in [2.45, 2.75) is 78.6 Å². The fourth-order valence-corrected chi connectivity index (χ4v) is 8.84. The molecule has 6 aromatic carbocycles. The monoisotopic (exact) mass is 761 g/mol. The van der Waals surface area contributed by atoms with Gasteiger partial charge in [-0.1, -0.05) is 138 Å². The molecule has 3 atom stereocenters. The number of rotatable bonds is 10. The molecule has 0 aromatic heterocycles. The molecule has 0 saturated heterocycles. The molecule has 290 valence electrons. The van der Waals surface area contributed by atoms with Crippen molar-refractivity contribution >= 4 is 40.6 Å². The molecule has 58 heavy (non-hydrogen) atoms. The summed E-state index contributed by atoms with van der Waals surface area (Å²) in [6.45, 7) is 13.7. The molecule has 0 fully saturated rings. The van der Waals surface area contributed by atoms with Crippen LogP contribution in [0.2, 0.25) is 0 Å². The van der Waals surface area contributed by atoms with Crippen LogP contribution in [0, 0.1) is 0 Å². The van der Waals surface area contributed by atoms with Crippen LogP contribution in [0.4, 0.5) is 28.4 Å². The smallest absolute Gasteiger partial charge is 0.342 e. The molecule has 0 spiro atoms. The second kappa shape index (κ2) is 15.7. The van der Waals surface area contributed by atoms with Crippen LogP contribution < -0.4 is 29.6 Å². The molecule has 0 aliphatic carbocycles. The Morgan fingerprint density at radius 2 is 0.810 bits per heavy atom. The van der Waals surface area contributed by atoms with Gasteiger partial charge in [-0.05, 0) is 114 Å². The third-order valence-electron chi connectivity index (χ3n) is 12.5. The van der Waals surface area contributed by atoms with Crippen molar-refractivity contribution in [1.82, 2.24) is 0 Å². The molecular weight excluding hydrogens is 709 g/mol. The first kappa shape index (κ1) is 37.4.